The van der Waals surface area contributed by atoms with Crippen LogP contribution in [0.3, 0.4) is 0 Å². The molecule has 2 atom stereocenters. The number of aromatic nitrogens is 2. The summed E-state index contributed by atoms with van der Waals surface area (Å²) < 4.78 is -2.87. The SMILES string of the molecule is C.C.CC(Br)c1ccc(C(Cl)(Cl)Cl)nc1.CSC(C)c1ccc(C(Cl)(Cl)Cl)nc1.C[S-].[B].[B].[Na+]. The maximum absolute atomic E-state index is 5.69. The van der Waals surface area contributed by atoms with E-state index < -0.39 is 7.59 Å². The van der Waals surface area contributed by atoms with Crippen molar-refractivity contribution in [3.05, 3.63) is 59.2 Å². The third-order valence-electron chi connectivity index (χ3n) is 3.44. The molecule has 2 rings (SSSR count). The van der Waals surface area contributed by atoms with Gasteiger partial charge in [-0.1, -0.05) is 113 Å². The molecule has 0 aliphatic carbocycles. The van der Waals surface area contributed by atoms with Crippen LogP contribution in [0.25, 0.3) is 0 Å². The van der Waals surface area contributed by atoms with E-state index in [4.69, 9.17) is 69.6 Å². The average Bonchev–Trinajstić information content (AvgIpc) is 2.68. The molecule has 0 saturated carbocycles. The minimum Gasteiger partial charge on any atom is -0.796 e. The Morgan fingerprint density at radius 1 is 0.794 bits per heavy atom. The molecule has 0 fully saturated rings. The second-order valence-electron chi connectivity index (χ2n) is 5.44. The van der Waals surface area contributed by atoms with Crippen LogP contribution < -0.4 is 29.6 Å². The molecule has 6 radical (unpaired) electrons. The van der Waals surface area contributed by atoms with Gasteiger partial charge in [-0.3, -0.25) is 9.97 Å². The van der Waals surface area contributed by atoms with E-state index in [1.807, 2.05) is 25.3 Å². The van der Waals surface area contributed by atoms with Crippen molar-refractivity contribution < 1.29 is 29.6 Å². The number of hydrogen-bond acceptors (Lipinski definition) is 4. The average molecular weight is 698 g/mol. The van der Waals surface area contributed by atoms with E-state index in [1.165, 1.54) is 0 Å². The summed E-state index contributed by atoms with van der Waals surface area (Å²) in [6, 6.07) is 7.27. The van der Waals surface area contributed by atoms with Gasteiger partial charge in [0.1, 0.15) is 0 Å². The summed E-state index contributed by atoms with van der Waals surface area (Å²) in [5.74, 6) is 0. The first-order valence-electron chi connectivity index (χ1n) is 8.00. The smallest absolute Gasteiger partial charge is 0.796 e. The second kappa shape index (κ2) is 24.4. The van der Waals surface area contributed by atoms with Crippen molar-refractivity contribution >= 4 is 127 Å². The van der Waals surface area contributed by atoms with Gasteiger partial charge in [-0.05, 0) is 43.4 Å². The number of rotatable bonds is 3. The number of halogens is 7. The van der Waals surface area contributed by atoms with E-state index in [0.29, 0.717) is 16.6 Å². The standard InChI is InChI=1S/C9H10Cl3NS.C8H7BrCl3N.CH4S.2CH4.2B.Na/c1-6(14-2)7-3-4-8(13-5-7)9(10,11)12;1-5(9)6-2-3-7(13-4-6)8(10,11)12;1-2;;;;;/h3-6H,1-2H3;2-5H,1H3;2H,1H3;2*1H4;;;/q;;;;;;;+1/p-1. The van der Waals surface area contributed by atoms with Gasteiger partial charge in [0, 0.05) is 39.3 Å². The molecule has 186 valence electrons. The topological polar surface area (TPSA) is 25.8 Å². The number of nitrogens with zero attached hydrogens (tertiary/aromatic N) is 2. The molecular formula is C20H28B2BrCl6N2NaS2. The molecule has 0 saturated heterocycles. The summed E-state index contributed by atoms with van der Waals surface area (Å²) in [7, 11) is 0. The molecule has 0 aliphatic heterocycles. The van der Waals surface area contributed by atoms with E-state index in [1.54, 1.807) is 42.5 Å². The number of pyridine rings is 2. The zero-order valence-electron chi connectivity index (χ0n) is 18.1. The molecular weight excluding hydrogens is 670 g/mol. The first-order chi connectivity index (χ1) is 13.4. The van der Waals surface area contributed by atoms with Crippen LogP contribution >= 0.6 is 97.3 Å². The van der Waals surface area contributed by atoms with Gasteiger partial charge >= 0.3 is 29.6 Å². The Balaban J connectivity index is -0.0000000945. The van der Waals surface area contributed by atoms with Gasteiger partial charge in [0.2, 0.25) is 7.59 Å². The van der Waals surface area contributed by atoms with E-state index in [-0.39, 0.29) is 66.1 Å². The quantitative estimate of drug-likeness (QED) is 0.212. The maximum atomic E-state index is 5.69. The normalized spacial score (nSPS) is 11.4. The van der Waals surface area contributed by atoms with E-state index in [9.17, 15) is 0 Å². The van der Waals surface area contributed by atoms with E-state index in [0.717, 1.165) is 11.1 Å². The zero-order valence-corrected chi connectivity index (χ0v) is 27.9. The molecule has 0 aromatic carbocycles. The predicted molar refractivity (Wildman–Crippen MR) is 164 cm³/mol. The summed E-state index contributed by atoms with van der Waals surface area (Å²) in [6.45, 7) is 4.11. The van der Waals surface area contributed by atoms with Gasteiger partial charge < -0.3 is 12.6 Å². The fraction of sp³-hybridized carbons (Fsp3) is 0.500. The molecule has 0 bridgehead atoms. The van der Waals surface area contributed by atoms with Crippen LogP contribution in [-0.4, -0.2) is 39.3 Å². The largest absolute Gasteiger partial charge is 1.00 e. The van der Waals surface area contributed by atoms with Gasteiger partial charge in [0.25, 0.3) is 0 Å². The molecule has 2 aromatic rings. The van der Waals surface area contributed by atoms with Crippen molar-refractivity contribution in [3.63, 3.8) is 0 Å². The van der Waals surface area contributed by atoms with Crippen LogP contribution in [0.2, 0.25) is 0 Å². The fourth-order valence-electron chi connectivity index (χ4n) is 1.76. The summed E-state index contributed by atoms with van der Waals surface area (Å²) >= 11 is 43.3. The number of thioether (sulfide) groups is 1. The van der Waals surface area contributed by atoms with Crippen molar-refractivity contribution in [3.8, 4) is 0 Å². The molecule has 34 heavy (non-hydrogen) atoms. The Labute approximate surface area is 281 Å². The van der Waals surface area contributed by atoms with E-state index >= 15 is 0 Å². The van der Waals surface area contributed by atoms with Crippen molar-refractivity contribution in [1.29, 1.82) is 0 Å². The van der Waals surface area contributed by atoms with Gasteiger partial charge in [-0.15, -0.1) is 0 Å². The van der Waals surface area contributed by atoms with Crippen LogP contribution in [0.4, 0.5) is 0 Å². The Morgan fingerprint density at radius 2 is 1.12 bits per heavy atom. The molecule has 0 aliphatic rings. The molecule has 2 heterocycles. The van der Waals surface area contributed by atoms with Crippen LogP contribution in [-0.2, 0) is 20.2 Å². The third kappa shape index (κ3) is 19.4. The van der Waals surface area contributed by atoms with Crippen LogP contribution in [0, 0.1) is 0 Å². The minimum atomic E-state index is -1.44. The third-order valence-corrected chi connectivity index (χ3v) is 6.11. The maximum Gasteiger partial charge on any atom is 1.00 e. The van der Waals surface area contributed by atoms with Crippen LogP contribution in [0.1, 0.15) is 61.3 Å². The van der Waals surface area contributed by atoms with Gasteiger partial charge in [0.15, 0.2) is 0 Å². The number of alkyl halides is 7. The Morgan fingerprint density at radius 3 is 1.32 bits per heavy atom. The van der Waals surface area contributed by atoms with Crippen molar-refractivity contribution in [2.24, 2.45) is 0 Å². The van der Waals surface area contributed by atoms with Gasteiger partial charge in [-0.25, -0.2) is 0 Å². The fourth-order valence-corrected chi connectivity index (χ4v) is 3.11. The van der Waals surface area contributed by atoms with Crippen LogP contribution in [0.15, 0.2) is 36.7 Å². The summed E-state index contributed by atoms with van der Waals surface area (Å²) in [5, 5.41) is 0.409. The monoisotopic (exact) mass is 694 g/mol. The molecule has 0 N–H and O–H groups in total. The van der Waals surface area contributed by atoms with Crippen molar-refractivity contribution in [2.75, 3.05) is 12.5 Å². The van der Waals surface area contributed by atoms with Crippen molar-refractivity contribution in [2.45, 2.75) is 46.4 Å². The molecule has 2 nitrogen and oxygen atoms in total. The Kier molecular flexibility index (Phi) is 35.4. The minimum absolute atomic E-state index is 0. The Bertz CT molecular complexity index is 723. The molecule has 2 aromatic heterocycles. The first-order valence-corrected chi connectivity index (χ1v) is 13.3. The van der Waals surface area contributed by atoms with Gasteiger partial charge in [0.05, 0.1) is 11.4 Å². The molecule has 2 unspecified atom stereocenters. The van der Waals surface area contributed by atoms with E-state index in [2.05, 4.69) is 45.5 Å². The van der Waals surface area contributed by atoms with Crippen LogP contribution in [0.5, 0.6) is 0 Å². The van der Waals surface area contributed by atoms with Crippen molar-refractivity contribution in [1.82, 2.24) is 9.97 Å². The second-order valence-corrected chi connectivity index (χ2v) is 12.6. The molecule has 0 spiro atoms. The molecule has 0 amide bonds. The Hall–Kier alpha value is 2.35. The van der Waals surface area contributed by atoms with Gasteiger partial charge in [-0.2, -0.15) is 18.0 Å². The summed E-state index contributed by atoms with van der Waals surface area (Å²) in [5.41, 5.74) is 3.09. The summed E-state index contributed by atoms with van der Waals surface area (Å²) in [4.78, 5) is 8.41. The predicted octanol–water partition coefficient (Wildman–Crippen LogP) is 6.37. The summed E-state index contributed by atoms with van der Waals surface area (Å²) in [6.07, 6.45) is 7.07. The molecule has 14 heteroatoms. The zero-order chi connectivity index (χ0) is 22.8. The first kappa shape index (κ1) is 49.3. The number of hydrogen-bond donors (Lipinski definition) is 0.